The highest BCUT2D eigenvalue weighted by atomic mass is 32.1. The van der Waals surface area contributed by atoms with Gasteiger partial charge in [-0.25, -0.2) is 4.98 Å². The number of ether oxygens (including phenoxy) is 2. The number of anilines is 1. The number of nitrogens with zero attached hydrogens (tertiary/aromatic N) is 1. The Hall–Kier alpha value is -3.39. The summed E-state index contributed by atoms with van der Waals surface area (Å²) in [7, 11) is 1.62. The number of carbonyl (C=O) groups is 2. The van der Waals surface area contributed by atoms with Crippen molar-refractivity contribution >= 4 is 28.3 Å². The number of thiazole rings is 1. The van der Waals surface area contributed by atoms with E-state index in [9.17, 15) is 9.59 Å². The van der Waals surface area contributed by atoms with Gasteiger partial charge in [0.1, 0.15) is 11.5 Å². The Labute approximate surface area is 179 Å². The minimum absolute atomic E-state index is 0.171. The van der Waals surface area contributed by atoms with E-state index in [2.05, 4.69) is 15.6 Å². The van der Waals surface area contributed by atoms with Crippen LogP contribution in [0.1, 0.15) is 22.2 Å². The lowest BCUT2D eigenvalue weighted by molar-refractivity contribution is -0.115. The van der Waals surface area contributed by atoms with E-state index in [1.807, 2.05) is 38.1 Å². The molecule has 3 aromatic rings. The second-order valence-electron chi connectivity index (χ2n) is 6.31. The van der Waals surface area contributed by atoms with Crippen LogP contribution in [0.15, 0.2) is 48.5 Å². The molecule has 1 aromatic heterocycles. The number of amides is 2. The number of para-hydroxylation sites is 1. The van der Waals surface area contributed by atoms with E-state index in [0.29, 0.717) is 23.1 Å². The van der Waals surface area contributed by atoms with Crippen molar-refractivity contribution in [1.29, 1.82) is 0 Å². The summed E-state index contributed by atoms with van der Waals surface area (Å²) in [5, 5.41) is 5.83. The van der Waals surface area contributed by atoms with E-state index in [0.717, 1.165) is 21.9 Å². The van der Waals surface area contributed by atoms with Crippen LogP contribution >= 0.6 is 11.3 Å². The fourth-order valence-corrected chi connectivity index (χ4v) is 3.67. The molecule has 0 fully saturated rings. The maximum absolute atomic E-state index is 12.4. The number of carbonyl (C=O) groups excluding carboxylic acids is 2. The molecule has 8 heteroatoms. The van der Waals surface area contributed by atoms with Crippen molar-refractivity contribution < 1.29 is 19.1 Å². The van der Waals surface area contributed by atoms with Crippen molar-refractivity contribution in [3.05, 3.63) is 59.0 Å². The van der Waals surface area contributed by atoms with E-state index in [4.69, 9.17) is 9.47 Å². The lowest BCUT2D eigenvalue weighted by atomic mass is 10.1. The van der Waals surface area contributed by atoms with E-state index in [1.165, 1.54) is 11.3 Å². The first-order chi connectivity index (χ1) is 14.5. The van der Waals surface area contributed by atoms with Crippen LogP contribution in [0.25, 0.3) is 11.3 Å². The first kappa shape index (κ1) is 21.3. The van der Waals surface area contributed by atoms with Gasteiger partial charge in [0.15, 0.2) is 5.13 Å². The number of benzene rings is 2. The number of hydrogen-bond acceptors (Lipinski definition) is 6. The van der Waals surface area contributed by atoms with Crippen LogP contribution in [0, 0.1) is 6.92 Å². The van der Waals surface area contributed by atoms with E-state index >= 15 is 0 Å². The quantitative estimate of drug-likeness (QED) is 0.571. The lowest BCUT2D eigenvalue weighted by Crippen LogP contribution is -2.33. The van der Waals surface area contributed by atoms with Gasteiger partial charge in [0.05, 0.1) is 31.5 Å². The van der Waals surface area contributed by atoms with Crippen molar-refractivity contribution in [1.82, 2.24) is 10.3 Å². The highest BCUT2D eigenvalue weighted by Gasteiger charge is 2.15. The first-order valence-corrected chi connectivity index (χ1v) is 10.2. The molecule has 7 nitrogen and oxygen atoms in total. The maximum Gasteiger partial charge on any atom is 0.255 e. The monoisotopic (exact) mass is 425 g/mol. The van der Waals surface area contributed by atoms with Gasteiger partial charge in [-0.3, -0.25) is 9.59 Å². The number of methoxy groups -OCH3 is 1. The van der Waals surface area contributed by atoms with Gasteiger partial charge < -0.3 is 20.1 Å². The van der Waals surface area contributed by atoms with Gasteiger partial charge in [-0.15, -0.1) is 11.3 Å². The molecule has 0 saturated carbocycles. The lowest BCUT2D eigenvalue weighted by Gasteiger charge is -2.10. The van der Waals surface area contributed by atoms with Crippen molar-refractivity contribution in [2.24, 2.45) is 0 Å². The number of rotatable bonds is 8. The van der Waals surface area contributed by atoms with Crippen LogP contribution in [0.4, 0.5) is 5.13 Å². The SMILES string of the molecule is CCOc1ccccc1C(=O)NCC(=O)Nc1nc(-c2ccc(OC)cc2)c(C)s1. The summed E-state index contributed by atoms with van der Waals surface area (Å²) in [6, 6.07) is 14.5. The van der Waals surface area contributed by atoms with Crippen LogP contribution in [-0.2, 0) is 4.79 Å². The van der Waals surface area contributed by atoms with Gasteiger partial charge in [0.25, 0.3) is 5.91 Å². The highest BCUT2D eigenvalue weighted by molar-refractivity contribution is 7.16. The number of nitrogens with one attached hydrogen (secondary N) is 2. The van der Waals surface area contributed by atoms with Gasteiger partial charge in [0.2, 0.25) is 5.91 Å². The molecule has 0 saturated heterocycles. The summed E-state index contributed by atoms with van der Waals surface area (Å²) in [6.07, 6.45) is 0. The molecular weight excluding hydrogens is 402 g/mol. The highest BCUT2D eigenvalue weighted by Crippen LogP contribution is 2.31. The average molecular weight is 426 g/mol. The van der Waals surface area contributed by atoms with Gasteiger partial charge in [-0.2, -0.15) is 0 Å². The van der Waals surface area contributed by atoms with E-state index in [1.54, 1.807) is 31.4 Å². The molecule has 0 radical (unpaired) electrons. The third kappa shape index (κ3) is 5.15. The molecule has 156 valence electrons. The fourth-order valence-electron chi connectivity index (χ4n) is 2.82. The topological polar surface area (TPSA) is 89.5 Å². The predicted molar refractivity (Wildman–Crippen MR) is 117 cm³/mol. The molecule has 1 heterocycles. The van der Waals surface area contributed by atoms with Crippen molar-refractivity contribution in [3.63, 3.8) is 0 Å². The molecule has 2 amide bonds. The molecule has 0 unspecified atom stereocenters. The number of hydrogen-bond donors (Lipinski definition) is 2. The summed E-state index contributed by atoms with van der Waals surface area (Å²) in [6.45, 7) is 4.07. The maximum atomic E-state index is 12.4. The summed E-state index contributed by atoms with van der Waals surface area (Å²) in [4.78, 5) is 30.2. The molecular formula is C22H23N3O4S. The summed E-state index contributed by atoms with van der Waals surface area (Å²) in [5.41, 5.74) is 2.12. The van der Waals surface area contributed by atoms with E-state index in [-0.39, 0.29) is 18.4 Å². The molecule has 30 heavy (non-hydrogen) atoms. The van der Waals surface area contributed by atoms with Crippen LogP contribution in [-0.4, -0.2) is 37.1 Å². The fraction of sp³-hybridized carbons (Fsp3) is 0.227. The summed E-state index contributed by atoms with van der Waals surface area (Å²) < 4.78 is 10.6. The molecule has 0 spiro atoms. The molecule has 0 aliphatic rings. The Morgan fingerprint density at radius 2 is 1.83 bits per heavy atom. The molecule has 2 aromatic carbocycles. The largest absolute Gasteiger partial charge is 0.497 e. The minimum atomic E-state index is -0.372. The van der Waals surface area contributed by atoms with Crippen LogP contribution < -0.4 is 20.1 Å². The van der Waals surface area contributed by atoms with Crippen LogP contribution in [0.5, 0.6) is 11.5 Å². The summed E-state index contributed by atoms with van der Waals surface area (Å²) in [5.74, 6) is 0.523. The second kappa shape index (κ2) is 9.89. The molecule has 2 N–H and O–H groups in total. The third-order valence-corrected chi connectivity index (χ3v) is 5.13. The van der Waals surface area contributed by atoms with Gasteiger partial charge in [-0.1, -0.05) is 12.1 Å². The Bertz CT molecular complexity index is 1030. The normalized spacial score (nSPS) is 10.4. The Morgan fingerprint density at radius 3 is 2.53 bits per heavy atom. The summed E-state index contributed by atoms with van der Waals surface area (Å²) >= 11 is 1.38. The molecule has 0 aliphatic heterocycles. The molecule has 0 bridgehead atoms. The second-order valence-corrected chi connectivity index (χ2v) is 7.52. The standard InChI is InChI=1S/C22H23N3O4S/c1-4-29-18-8-6-5-7-17(18)21(27)23-13-19(26)24-22-25-20(14(2)30-22)15-9-11-16(28-3)12-10-15/h5-12H,4,13H2,1-3H3,(H,23,27)(H,24,25,26). The van der Waals surface area contributed by atoms with Crippen LogP contribution in [0.2, 0.25) is 0 Å². The zero-order chi connectivity index (χ0) is 21.5. The average Bonchev–Trinajstić information content (AvgIpc) is 3.12. The van der Waals surface area contributed by atoms with Gasteiger partial charge >= 0.3 is 0 Å². The predicted octanol–water partition coefficient (Wildman–Crippen LogP) is 3.89. The number of aromatic nitrogens is 1. The molecule has 3 rings (SSSR count). The zero-order valence-electron chi connectivity index (χ0n) is 17.0. The molecule has 0 aliphatic carbocycles. The zero-order valence-corrected chi connectivity index (χ0v) is 17.8. The third-order valence-electron chi connectivity index (χ3n) is 4.25. The van der Waals surface area contributed by atoms with E-state index < -0.39 is 0 Å². The minimum Gasteiger partial charge on any atom is -0.497 e. The Balaban J connectivity index is 1.61. The van der Waals surface area contributed by atoms with Crippen LogP contribution in [0.3, 0.4) is 0 Å². The Morgan fingerprint density at radius 1 is 1.10 bits per heavy atom. The van der Waals surface area contributed by atoms with Gasteiger partial charge in [-0.05, 0) is 50.2 Å². The van der Waals surface area contributed by atoms with Crippen molar-refractivity contribution in [2.75, 3.05) is 25.6 Å². The first-order valence-electron chi connectivity index (χ1n) is 9.43. The van der Waals surface area contributed by atoms with Crippen molar-refractivity contribution in [2.45, 2.75) is 13.8 Å². The smallest absolute Gasteiger partial charge is 0.255 e. The molecule has 0 atom stereocenters. The van der Waals surface area contributed by atoms with Crippen molar-refractivity contribution in [3.8, 4) is 22.8 Å². The number of aryl methyl sites for hydroxylation is 1. The Kier molecular flexibility index (Phi) is 7.03. The van der Waals surface area contributed by atoms with Gasteiger partial charge in [0, 0.05) is 10.4 Å².